The number of carbonyl (C=O) groups excluding carboxylic acids is 1. The SMILES string of the molecule is Cn1cccc1C(=O)Nc1ccc(N2CCOCC2)cn1. The quantitative estimate of drug-likeness (QED) is 0.929. The van der Waals surface area contributed by atoms with Gasteiger partial charge in [-0.1, -0.05) is 0 Å². The number of nitrogens with zero attached hydrogens (tertiary/aromatic N) is 3. The number of nitrogens with one attached hydrogen (secondary N) is 1. The minimum Gasteiger partial charge on any atom is -0.378 e. The molecule has 3 heterocycles. The molecule has 0 bridgehead atoms. The predicted octanol–water partition coefficient (Wildman–Crippen LogP) is 1.51. The molecule has 0 spiro atoms. The molecule has 0 aromatic carbocycles. The summed E-state index contributed by atoms with van der Waals surface area (Å²) in [5, 5.41) is 2.80. The van der Waals surface area contributed by atoms with Gasteiger partial charge in [-0.2, -0.15) is 0 Å². The van der Waals surface area contributed by atoms with Gasteiger partial charge in [-0.05, 0) is 24.3 Å². The minimum atomic E-state index is -0.158. The number of hydrogen-bond acceptors (Lipinski definition) is 4. The van der Waals surface area contributed by atoms with Crippen molar-refractivity contribution in [3.63, 3.8) is 0 Å². The summed E-state index contributed by atoms with van der Waals surface area (Å²) < 4.78 is 7.10. The van der Waals surface area contributed by atoms with E-state index in [9.17, 15) is 4.79 Å². The Morgan fingerprint density at radius 2 is 2.10 bits per heavy atom. The smallest absolute Gasteiger partial charge is 0.273 e. The van der Waals surface area contributed by atoms with Gasteiger partial charge in [0.1, 0.15) is 11.5 Å². The first-order valence-corrected chi connectivity index (χ1v) is 6.95. The van der Waals surface area contributed by atoms with E-state index in [2.05, 4.69) is 15.2 Å². The second-order valence-electron chi connectivity index (χ2n) is 4.96. The summed E-state index contributed by atoms with van der Waals surface area (Å²) >= 11 is 0. The van der Waals surface area contributed by atoms with E-state index >= 15 is 0 Å². The highest BCUT2D eigenvalue weighted by Gasteiger charge is 2.13. The summed E-state index contributed by atoms with van der Waals surface area (Å²) in [5.74, 6) is 0.396. The van der Waals surface area contributed by atoms with Crippen molar-refractivity contribution in [2.45, 2.75) is 0 Å². The third-order valence-corrected chi connectivity index (χ3v) is 3.54. The molecule has 0 atom stereocenters. The van der Waals surface area contributed by atoms with E-state index in [1.165, 1.54) is 0 Å². The molecule has 6 nitrogen and oxygen atoms in total. The van der Waals surface area contributed by atoms with Gasteiger partial charge in [-0.15, -0.1) is 0 Å². The van der Waals surface area contributed by atoms with Gasteiger partial charge < -0.3 is 19.5 Å². The maximum absolute atomic E-state index is 12.1. The highest BCUT2D eigenvalue weighted by atomic mass is 16.5. The lowest BCUT2D eigenvalue weighted by atomic mass is 10.3. The molecular formula is C15H18N4O2. The number of carbonyl (C=O) groups is 1. The van der Waals surface area contributed by atoms with Crippen LogP contribution >= 0.6 is 0 Å². The molecule has 2 aromatic rings. The lowest BCUT2D eigenvalue weighted by Gasteiger charge is -2.28. The van der Waals surface area contributed by atoms with E-state index < -0.39 is 0 Å². The number of amides is 1. The van der Waals surface area contributed by atoms with Crippen molar-refractivity contribution in [3.05, 3.63) is 42.4 Å². The van der Waals surface area contributed by atoms with E-state index in [4.69, 9.17) is 4.74 Å². The number of aryl methyl sites for hydroxylation is 1. The molecule has 0 aliphatic carbocycles. The van der Waals surface area contributed by atoms with Crippen LogP contribution in [0.2, 0.25) is 0 Å². The molecule has 110 valence electrons. The van der Waals surface area contributed by atoms with Gasteiger partial charge in [0.2, 0.25) is 0 Å². The minimum absolute atomic E-state index is 0.158. The number of ether oxygens (including phenoxy) is 1. The first kappa shape index (κ1) is 13.6. The zero-order valence-electron chi connectivity index (χ0n) is 12.0. The molecule has 1 aliphatic heterocycles. The van der Waals surface area contributed by atoms with Crippen LogP contribution < -0.4 is 10.2 Å². The lowest BCUT2D eigenvalue weighted by Crippen LogP contribution is -2.36. The number of morpholine rings is 1. The Kier molecular flexibility index (Phi) is 3.87. The molecule has 3 rings (SSSR count). The average Bonchev–Trinajstić information content (AvgIpc) is 2.95. The van der Waals surface area contributed by atoms with Crippen LogP contribution in [0, 0.1) is 0 Å². The summed E-state index contributed by atoms with van der Waals surface area (Å²) in [6, 6.07) is 7.41. The number of anilines is 2. The normalized spacial score (nSPS) is 15.0. The van der Waals surface area contributed by atoms with Crippen molar-refractivity contribution < 1.29 is 9.53 Å². The van der Waals surface area contributed by atoms with Crippen molar-refractivity contribution in [2.24, 2.45) is 7.05 Å². The van der Waals surface area contributed by atoms with Crippen LogP contribution in [0.5, 0.6) is 0 Å². The Labute approximate surface area is 123 Å². The Morgan fingerprint density at radius 1 is 1.29 bits per heavy atom. The van der Waals surface area contributed by atoms with Gasteiger partial charge in [0.25, 0.3) is 5.91 Å². The van der Waals surface area contributed by atoms with E-state index in [1.807, 2.05) is 31.4 Å². The van der Waals surface area contributed by atoms with Crippen LogP contribution in [-0.4, -0.2) is 41.8 Å². The first-order valence-electron chi connectivity index (χ1n) is 6.95. The van der Waals surface area contributed by atoms with Crippen LogP contribution in [0.1, 0.15) is 10.5 Å². The Bertz CT molecular complexity index is 615. The number of rotatable bonds is 3. The Balaban J connectivity index is 1.67. The van der Waals surface area contributed by atoms with Crippen molar-refractivity contribution >= 4 is 17.4 Å². The second kappa shape index (κ2) is 5.97. The fraction of sp³-hybridized carbons (Fsp3) is 0.333. The van der Waals surface area contributed by atoms with Crippen LogP contribution in [0.15, 0.2) is 36.7 Å². The summed E-state index contributed by atoms with van der Waals surface area (Å²) in [7, 11) is 1.84. The third kappa shape index (κ3) is 3.05. The van der Waals surface area contributed by atoms with Crippen LogP contribution in [0.25, 0.3) is 0 Å². The molecule has 1 aliphatic rings. The van der Waals surface area contributed by atoms with E-state index in [-0.39, 0.29) is 5.91 Å². The molecule has 1 fully saturated rings. The van der Waals surface area contributed by atoms with E-state index in [0.29, 0.717) is 11.5 Å². The molecule has 0 saturated carbocycles. The van der Waals surface area contributed by atoms with Gasteiger partial charge in [0.15, 0.2) is 0 Å². The summed E-state index contributed by atoms with van der Waals surface area (Å²) in [4.78, 5) is 18.6. The van der Waals surface area contributed by atoms with Gasteiger partial charge >= 0.3 is 0 Å². The van der Waals surface area contributed by atoms with Gasteiger partial charge in [-0.3, -0.25) is 4.79 Å². The molecule has 0 radical (unpaired) electrons. The monoisotopic (exact) mass is 286 g/mol. The predicted molar refractivity (Wildman–Crippen MR) is 80.6 cm³/mol. The van der Waals surface area contributed by atoms with Crippen molar-refractivity contribution in [2.75, 3.05) is 36.5 Å². The highest BCUT2D eigenvalue weighted by Crippen LogP contribution is 2.16. The zero-order chi connectivity index (χ0) is 14.7. The maximum Gasteiger partial charge on any atom is 0.273 e. The summed E-state index contributed by atoms with van der Waals surface area (Å²) in [6.45, 7) is 3.23. The standard InChI is InChI=1S/C15H18N4O2/c1-18-6-2-3-13(18)15(20)17-14-5-4-12(11-16-14)19-7-9-21-10-8-19/h2-6,11H,7-10H2,1H3,(H,16,17,20). The Morgan fingerprint density at radius 3 is 2.71 bits per heavy atom. The Hall–Kier alpha value is -2.34. The highest BCUT2D eigenvalue weighted by molar-refractivity contribution is 6.02. The maximum atomic E-state index is 12.1. The molecular weight excluding hydrogens is 268 g/mol. The van der Waals surface area contributed by atoms with E-state index in [0.717, 1.165) is 32.0 Å². The summed E-state index contributed by atoms with van der Waals surface area (Å²) in [6.07, 6.45) is 3.62. The fourth-order valence-corrected chi connectivity index (χ4v) is 2.35. The number of pyridine rings is 1. The molecule has 1 saturated heterocycles. The van der Waals surface area contributed by atoms with Crippen molar-refractivity contribution in [3.8, 4) is 0 Å². The van der Waals surface area contributed by atoms with Crippen LogP contribution in [0.3, 0.4) is 0 Å². The molecule has 6 heteroatoms. The van der Waals surface area contributed by atoms with E-state index in [1.54, 1.807) is 16.8 Å². The van der Waals surface area contributed by atoms with Crippen LogP contribution in [0.4, 0.5) is 11.5 Å². The zero-order valence-corrected chi connectivity index (χ0v) is 12.0. The second-order valence-corrected chi connectivity index (χ2v) is 4.96. The first-order chi connectivity index (χ1) is 10.2. The molecule has 21 heavy (non-hydrogen) atoms. The third-order valence-electron chi connectivity index (χ3n) is 3.54. The molecule has 0 unspecified atom stereocenters. The topological polar surface area (TPSA) is 59.4 Å². The fourth-order valence-electron chi connectivity index (χ4n) is 2.35. The van der Waals surface area contributed by atoms with Gasteiger partial charge in [-0.25, -0.2) is 4.98 Å². The number of aromatic nitrogens is 2. The number of hydrogen-bond donors (Lipinski definition) is 1. The summed E-state index contributed by atoms with van der Waals surface area (Å²) in [5.41, 5.74) is 1.66. The van der Waals surface area contributed by atoms with Crippen molar-refractivity contribution in [1.82, 2.24) is 9.55 Å². The average molecular weight is 286 g/mol. The van der Waals surface area contributed by atoms with Crippen LogP contribution in [-0.2, 0) is 11.8 Å². The van der Waals surface area contributed by atoms with Gasteiger partial charge in [0.05, 0.1) is 25.1 Å². The lowest BCUT2D eigenvalue weighted by molar-refractivity contribution is 0.101. The molecule has 1 N–H and O–H groups in total. The largest absolute Gasteiger partial charge is 0.378 e. The molecule has 2 aromatic heterocycles. The molecule has 1 amide bonds. The van der Waals surface area contributed by atoms with Gasteiger partial charge in [0, 0.05) is 26.3 Å². The van der Waals surface area contributed by atoms with Crippen molar-refractivity contribution in [1.29, 1.82) is 0 Å².